The topological polar surface area (TPSA) is 12.5 Å². The Morgan fingerprint density at radius 1 is 0.759 bits per heavy atom. The van der Waals surface area contributed by atoms with Gasteiger partial charge in [-0.15, -0.1) is 0 Å². The molecule has 29 heavy (non-hydrogen) atoms. The van der Waals surface area contributed by atoms with Crippen LogP contribution in [0.25, 0.3) is 0 Å². The highest BCUT2D eigenvalue weighted by Gasteiger charge is 2.16. The van der Waals surface area contributed by atoms with Gasteiger partial charge in [-0.05, 0) is 86.4 Å². The van der Waals surface area contributed by atoms with E-state index in [0.29, 0.717) is 17.8 Å². The van der Waals surface area contributed by atoms with Gasteiger partial charge in [0.25, 0.3) is 0 Å². The summed E-state index contributed by atoms with van der Waals surface area (Å²) in [7, 11) is 4.20. The van der Waals surface area contributed by atoms with E-state index in [2.05, 4.69) is 95.2 Å². The number of nitrogens with zero attached hydrogens (tertiary/aromatic N) is 1. The maximum atomic E-state index is 5.89. The fourth-order valence-electron chi connectivity index (χ4n) is 3.90. The molecule has 3 atom stereocenters. The van der Waals surface area contributed by atoms with Crippen molar-refractivity contribution in [2.75, 3.05) is 27.2 Å². The molecule has 0 aliphatic carbocycles. The molecule has 2 rings (SSSR count). The summed E-state index contributed by atoms with van der Waals surface area (Å²) in [5, 5.41) is 0. The molecule has 0 heterocycles. The summed E-state index contributed by atoms with van der Waals surface area (Å²) in [5.74, 6) is 2.78. The normalized spacial score (nSPS) is 14.6. The highest BCUT2D eigenvalue weighted by Crippen LogP contribution is 2.33. The van der Waals surface area contributed by atoms with Crippen LogP contribution in [0.2, 0.25) is 0 Å². The molecular formula is C27H41NO. The molecule has 2 aromatic rings. The minimum absolute atomic E-state index is 0.563. The number of benzene rings is 2. The predicted octanol–water partition coefficient (Wildman–Crippen LogP) is 7.22. The van der Waals surface area contributed by atoms with Crippen LogP contribution >= 0.6 is 0 Å². The Kier molecular flexibility index (Phi) is 9.73. The van der Waals surface area contributed by atoms with Crippen LogP contribution in [0.15, 0.2) is 48.5 Å². The zero-order valence-corrected chi connectivity index (χ0v) is 19.4. The van der Waals surface area contributed by atoms with E-state index in [0.717, 1.165) is 25.3 Å². The molecule has 0 aliphatic rings. The van der Waals surface area contributed by atoms with Gasteiger partial charge in [-0.3, -0.25) is 0 Å². The Labute approximate surface area is 179 Å². The molecule has 0 bridgehead atoms. The SMILES string of the molecule is CCC(C)c1ccc(C(C)CC(CC)c2ccc(OCCCN(C)C)cc2)cc1. The highest BCUT2D eigenvalue weighted by atomic mass is 16.5. The molecule has 0 aromatic heterocycles. The van der Waals surface area contributed by atoms with E-state index in [-0.39, 0.29) is 0 Å². The molecule has 0 N–H and O–H groups in total. The molecule has 2 aromatic carbocycles. The second-order valence-electron chi connectivity index (χ2n) is 8.79. The van der Waals surface area contributed by atoms with E-state index in [4.69, 9.17) is 4.74 Å². The first kappa shape index (κ1) is 23.5. The second kappa shape index (κ2) is 12.0. The Morgan fingerprint density at radius 2 is 1.31 bits per heavy atom. The lowest BCUT2D eigenvalue weighted by Crippen LogP contribution is -2.15. The summed E-state index contributed by atoms with van der Waals surface area (Å²) in [5.41, 5.74) is 4.34. The van der Waals surface area contributed by atoms with Crippen molar-refractivity contribution < 1.29 is 4.74 Å². The molecule has 0 spiro atoms. The molecule has 0 amide bonds. The summed E-state index contributed by atoms with van der Waals surface area (Å²) in [6, 6.07) is 18.1. The maximum Gasteiger partial charge on any atom is 0.119 e. The molecule has 3 unspecified atom stereocenters. The Morgan fingerprint density at radius 3 is 1.83 bits per heavy atom. The Bertz CT molecular complexity index is 689. The van der Waals surface area contributed by atoms with Crippen LogP contribution in [0.3, 0.4) is 0 Å². The lowest BCUT2D eigenvalue weighted by Gasteiger charge is -2.21. The minimum atomic E-state index is 0.563. The van der Waals surface area contributed by atoms with Crippen LogP contribution in [0, 0.1) is 0 Å². The molecule has 0 radical (unpaired) electrons. The molecule has 0 fully saturated rings. The zero-order valence-electron chi connectivity index (χ0n) is 19.4. The van der Waals surface area contributed by atoms with Crippen LogP contribution in [-0.4, -0.2) is 32.1 Å². The number of hydrogen-bond acceptors (Lipinski definition) is 2. The third kappa shape index (κ3) is 7.51. The fraction of sp³-hybridized carbons (Fsp3) is 0.556. The first-order chi connectivity index (χ1) is 13.9. The smallest absolute Gasteiger partial charge is 0.119 e. The van der Waals surface area contributed by atoms with Gasteiger partial charge < -0.3 is 9.64 Å². The number of rotatable bonds is 12. The highest BCUT2D eigenvalue weighted by molar-refractivity contribution is 5.31. The van der Waals surface area contributed by atoms with Gasteiger partial charge in [0.05, 0.1) is 6.61 Å². The van der Waals surface area contributed by atoms with Crippen LogP contribution in [0.5, 0.6) is 5.75 Å². The Balaban J connectivity index is 1.93. The van der Waals surface area contributed by atoms with Crippen LogP contribution in [0.1, 0.15) is 87.8 Å². The quantitative estimate of drug-likeness (QED) is 0.352. The van der Waals surface area contributed by atoms with Gasteiger partial charge in [0.15, 0.2) is 0 Å². The maximum absolute atomic E-state index is 5.89. The zero-order chi connectivity index (χ0) is 21.2. The van der Waals surface area contributed by atoms with Crippen molar-refractivity contribution in [3.8, 4) is 5.75 Å². The summed E-state index contributed by atoms with van der Waals surface area (Å²) in [6.07, 6.45) is 4.60. The van der Waals surface area contributed by atoms with E-state index in [1.54, 1.807) is 0 Å². The molecular weight excluding hydrogens is 354 g/mol. The predicted molar refractivity (Wildman–Crippen MR) is 126 cm³/mol. The van der Waals surface area contributed by atoms with Gasteiger partial charge in [0.1, 0.15) is 5.75 Å². The lowest BCUT2D eigenvalue weighted by molar-refractivity contribution is 0.281. The molecule has 0 aliphatic heterocycles. The second-order valence-corrected chi connectivity index (χ2v) is 8.79. The molecule has 0 saturated carbocycles. The van der Waals surface area contributed by atoms with Gasteiger partial charge >= 0.3 is 0 Å². The van der Waals surface area contributed by atoms with Crippen LogP contribution in [-0.2, 0) is 0 Å². The van der Waals surface area contributed by atoms with E-state index >= 15 is 0 Å². The van der Waals surface area contributed by atoms with E-state index < -0.39 is 0 Å². The van der Waals surface area contributed by atoms with Crippen molar-refractivity contribution in [3.05, 3.63) is 65.2 Å². The summed E-state index contributed by atoms with van der Waals surface area (Å²) in [6.45, 7) is 11.1. The largest absolute Gasteiger partial charge is 0.494 e. The first-order valence-corrected chi connectivity index (χ1v) is 11.4. The van der Waals surface area contributed by atoms with Crippen LogP contribution < -0.4 is 4.74 Å². The monoisotopic (exact) mass is 395 g/mol. The first-order valence-electron chi connectivity index (χ1n) is 11.4. The van der Waals surface area contributed by atoms with E-state index in [1.165, 1.54) is 36.0 Å². The fourth-order valence-corrected chi connectivity index (χ4v) is 3.90. The van der Waals surface area contributed by atoms with E-state index in [9.17, 15) is 0 Å². The van der Waals surface area contributed by atoms with Crippen molar-refractivity contribution in [2.45, 2.75) is 71.1 Å². The van der Waals surface area contributed by atoms with Crippen molar-refractivity contribution in [1.82, 2.24) is 4.90 Å². The van der Waals surface area contributed by atoms with Crippen molar-refractivity contribution in [1.29, 1.82) is 0 Å². The van der Waals surface area contributed by atoms with E-state index in [1.807, 2.05) is 0 Å². The molecule has 0 saturated heterocycles. The van der Waals surface area contributed by atoms with Gasteiger partial charge in [-0.1, -0.05) is 64.1 Å². The van der Waals surface area contributed by atoms with Crippen molar-refractivity contribution in [3.63, 3.8) is 0 Å². The molecule has 2 heteroatoms. The molecule has 160 valence electrons. The number of ether oxygens (including phenoxy) is 1. The standard InChI is InChI=1S/C27H41NO/c1-7-21(3)24-10-12-25(13-11-24)22(4)20-23(8-2)26-14-16-27(17-15-26)29-19-9-18-28(5)6/h10-17,21-23H,7-9,18-20H2,1-6H3. The van der Waals surface area contributed by atoms with Crippen LogP contribution in [0.4, 0.5) is 0 Å². The van der Waals surface area contributed by atoms with Gasteiger partial charge in [-0.25, -0.2) is 0 Å². The van der Waals surface area contributed by atoms with Gasteiger partial charge in [0.2, 0.25) is 0 Å². The van der Waals surface area contributed by atoms with Gasteiger partial charge in [0, 0.05) is 6.54 Å². The average Bonchev–Trinajstić information content (AvgIpc) is 2.74. The Hall–Kier alpha value is -1.80. The average molecular weight is 396 g/mol. The van der Waals surface area contributed by atoms with Crippen molar-refractivity contribution >= 4 is 0 Å². The summed E-state index contributed by atoms with van der Waals surface area (Å²) in [4.78, 5) is 2.19. The molecule has 2 nitrogen and oxygen atoms in total. The third-order valence-corrected chi connectivity index (χ3v) is 6.19. The third-order valence-electron chi connectivity index (χ3n) is 6.19. The van der Waals surface area contributed by atoms with Gasteiger partial charge in [-0.2, -0.15) is 0 Å². The van der Waals surface area contributed by atoms with Crippen molar-refractivity contribution in [2.24, 2.45) is 0 Å². The lowest BCUT2D eigenvalue weighted by atomic mass is 9.84. The number of hydrogen-bond donors (Lipinski definition) is 0. The summed E-state index contributed by atoms with van der Waals surface area (Å²) < 4.78 is 5.89. The summed E-state index contributed by atoms with van der Waals surface area (Å²) >= 11 is 0. The minimum Gasteiger partial charge on any atom is -0.494 e.